The number of anilines is 1. The zero-order valence-corrected chi connectivity index (χ0v) is 11.6. The monoisotopic (exact) mass is 273 g/mol. The van der Waals surface area contributed by atoms with Gasteiger partial charge in [-0.1, -0.05) is 23.7 Å². The van der Waals surface area contributed by atoms with Crippen LogP contribution in [0.4, 0.5) is 5.69 Å². The van der Waals surface area contributed by atoms with Crippen molar-refractivity contribution in [3.63, 3.8) is 0 Å². The summed E-state index contributed by atoms with van der Waals surface area (Å²) in [5.74, 6) is 0.904. The lowest BCUT2D eigenvalue weighted by atomic mass is 9.93. The van der Waals surface area contributed by atoms with Crippen LogP contribution in [0.15, 0.2) is 42.5 Å². The summed E-state index contributed by atoms with van der Waals surface area (Å²) in [6.07, 6.45) is 2.12. The summed E-state index contributed by atoms with van der Waals surface area (Å²) in [7, 11) is 1.70. The van der Waals surface area contributed by atoms with Crippen LogP contribution in [-0.4, -0.2) is 7.11 Å². The molecule has 2 aromatic carbocycles. The van der Waals surface area contributed by atoms with Gasteiger partial charge >= 0.3 is 0 Å². The standard InChI is InChI=1S/C16H16ClNO/c1-19-14-4-2-3-11(10-14)15-7-5-12-9-13(17)6-8-16(12)18-15/h2-4,6,8-10,15,18H,5,7H2,1H3/t15-/m0/s1. The molecule has 1 aliphatic rings. The number of halogens is 1. The van der Waals surface area contributed by atoms with E-state index < -0.39 is 0 Å². The molecule has 2 aromatic rings. The molecule has 19 heavy (non-hydrogen) atoms. The van der Waals surface area contributed by atoms with Crippen molar-refractivity contribution in [2.45, 2.75) is 18.9 Å². The highest BCUT2D eigenvalue weighted by Gasteiger charge is 2.19. The van der Waals surface area contributed by atoms with Crippen molar-refractivity contribution in [3.8, 4) is 5.75 Å². The van der Waals surface area contributed by atoms with Crippen molar-refractivity contribution >= 4 is 17.3 Å². The van der Waals surface area contributed by atoms with Gasteiger partial charge in [0.15, 0.2) is 0 Å². The van der Waals surface area contributed by atoms with Gasteiger partial charge in [-0.15, -0.1) is 0 Å². The van der Waals surface area contributed by atoms with Gasteiger partial charge in [-0.2, -0.15) is 0 Å². The Morgan fingerprint density at radius 1 is 1.21 bits per heavy atom. The maximum absolute atomic E-state index is 6.03. The van der Waals surface area contributed by atoms with Crippen LogP contribution >= 0.6 is 11.6 Å². The molecule has 0 fully saturated rings. The molecule has 0 amide bonds. The molecule has 2 nitrogen and oxygen atoms in total. The highest BCUT2D eigenvalue weighted by molar-refractivity contribution is 6.30. The Balaban J connectivity index is 1.86. The predicted molar refractivity (Wildman–Crippen MR) is 79.1 cm³/mol. The van der Waals surface area contributed by atoms with E-state index in [0.717, 1.165) is 23.6 Å². The second-order valence-electron chi connectivity index (χ2n) is 4.81. The molecule has 1 atom stereocenters. The molecule has 3 rings (SSSR count). The van der Waals surface area contributed by atoms with E-state index in [2.05, 4.69) is 23.5 Å². The predicted octanol–water partition coefficient (Wildman–Crippen LogP) is 4.45. The summed E-state index contributed by atoms with van der Waals surface area (Å²) in [5.41, 5.74) is 3.75. The second kappa shape index (κ2) is 5.14. The lowest BCUT2D eigenvalue weighted by Crippen LogP contribution is -2.17. The number of fused-ring (bicyclic) bond motifs is 1. The van der Waals surface area contributed by atoms with Crippen LogP contribution in [-0.2, 0) is 6.42 Å². The highest BCUT2D eigenvalue weighted by atomic mass is 35.5. The molecule has 3 heteroatoms. The first-order valence-corrected chi connectivity index (χ1v) is 6.83. The minimum absolute atomic E-state index is 0.337. The number of rotatable bonds is 2. The number of hydrogen-bond acceptors (Lipinski definition) is 2. The van der Waals surface area contributed by atoms with Gasteiger partial charge in [-0.05, 0) is 54.3 Å². The lowest BCUT2D eigenvalue weighted by Gasteiger charge is -2.27. The van der Waals surface area contributed by atoms with Crippen LogP contribution in [0.2, 0.25) is 5.02 Å². The SMILES string of the molecule is COc1cccc([C@@H]2CCc3cc(Cl)ccc3N2)c1. The van der Waals surface area contributed by atoms with E-state index in [1.807, 2.05) is 24.3 Å². The van der Waals surface area contributed by atoms with E-state index in [9.17, 15) is 0 Å². The number of hydrogen-bond donors (Lipinski definition) is 1. The quantitative estimate of drug-likeness (QED) is 0.873. The zero-order chi connectivity index (χ0) is 13.2. The first-order valence-electron chi connectivity index (χ1n) is 6.45. The average Bonchev–Trinajstić information content (AvgIpc) is 2.46. The maximum Gasteiger partial charge on any atom is 0.119 e. The molecule has 0 spiro atoms. The normalized spacial score (nSPS) is 17.5. The number of ether oxygens (including phenoxy) is 1. The van der Waals surface area contributed by atoms with Gasteiger partial charge in [0.25, 0.3) is 0 Å². The molecule has 1 heterocycles. The van der Waals surface area contributed by atoms with E-state index in [4.69, 9.17) is 16.3 Å². The van der Waals surface area contributed by atoms with Gasteiger partial charge in [0.1, 0.15) is 5.75 Å². The molecule has 0 radical (unpaired) electrons. The highest BCUT2D eigenvalue weighted by Crippen LogP contribution is 2.34. The van der Waals surface area contributed by atoms with Crippen molar-refractivity contribution in [2.75, 3.05) is 12.4 Å². The van der Waals surface area contributed by atoms with Crippen LogP contribution < -0.4 is 10.1 Å². The van der Waals surface area contributed by atoms with E-state index in [-0.39, 0.29) is 0 Å². The first kappa shape index (κ1) is 12.4. The summed E-state index contributed by atoms with van der Waals surface area (Å²) in [6.45, 7) is 0. The van der Waals surface area contributed by atoms with Crippen molar-refractivity contribution < 1.29 is 4.74 Å². The molecule has 1 N–H and O–H groups in total. The Kier molecular flexibility index (Phi) is 3.34. The summed E-state index contributed by atoms with van der Waals surface area (Å²) < 4.78 is 5.29. The van der Waals surface area contributed by atoms with Gasteiger partial charge in [0.05, 0.1) is 13.2 Å². The Bertz CT molecular complexity index is 597. The van der Waals surface area contributed by atoms with E-state index in [1.54, 1.807) is 7.11 Å². The van der Waals surface area contributed by atoms with Crippen LogP contribution in [0.5, 0.6) is 5.75 Å². The second-order valence-corrected chi connectivity index (χ2v) is 5.25. The molecule has 1 aliphatic heterocycles. The fourth-order valence-corrected chi connectivity index (χ4v) is 2.77. The van der Waals surface area contributed by atoms with Crippen LogP contribution in [0.25, 0.3) is 0 Å². The first-order chi connectivity index (χ1) is 9.26. The molecule has 0 aromatic heterocycles. The van der Waals surface area contributed by atoms with Gasteiger partial charge in [-0.3, -0.25) is 0 Å². The lowest BCUT2D eigenvalue weighted by molar-refractivity contribution is 0.414. The third-order valence-electron chi connectivity index (χ3n) is 3.60. The summed E-state index contributed by atoms with van der Waals surface area (Å²) in [5, 5.41) is 4.38. The van der Waals surface area contributed by atoms with E-state index in [1.165, 1.54) is 16.8 Å². The smallest absolute Gasteiger partial charge is 0.119 e. The van der Waals surface area contributed by atoms with Crippen molar-refractivity contribution in [2.24, 2.45) is 0 Å². The number of aryl methyl sites for hydroxylation is 1. The average molecular weight is 274 g/mol. The third kappa shape index (κ3) is 2.54. The Morgan fingerprint density at radius 3 is 2.95 bits per heavy atom. The molecule has 0 aliphatic carbocycles. The van der Waals surface area contributed by atoms with Gasteiger partial charge < -0.3 is 10.1 Å². The van der Waals surface area contributed by atoms with Crippen molar-refractivity contribution in [1.82, 2.24) is 0 Å². The van der Waals surface area contributed by atoms with E-state index >= 15 is 0 Å². The topological polar surface area (TPSA) is 21.3 Å². The summed E-state index contributed by atoms with van der Waals surface area (Å²) in [4.78, 5) is 0. The molecular weight excluding hydrogens is 258 g/mol. The van der Waals surface area contributed by atoms with Gasteiger partial charge in [0, 0.05) is 10.7 Å². The molecular formula is C16H16ClNO. The van der Waals surface area contributed by atoms with Crippen molar-refractivity contribution in [3.05, 3.63) is 58.6 Å². The fourth-order valence-electron chi connectivity index (χ4n) is 2.58. The Morgan fingerprint density at radius 2 is 2.11 bits per heavy atom. The molecule has 0 unspecified atom stereocenters. The Labute approximate surface area is 118 Å². The third-order valence-corrected chi connectivity index (χ3v) is 3.83. The minimum Gasteiger partial charge on any atom is -0.497 e. The van der Waals surface area contributed by atoms with Gasteiger partial charge in [0.2, 0.25) is 0 Å². The molecule has 0 bridgehead atoms. The largest absolute Gasteiger partial charge is 0.497 e. The fraction of sp³-hybridized carbons (Fsp3) is 0.250. The summed E-state index contributed by atoms with van der Waals surface area (Å²) in [6, 6.07) is 14.6. The zero-order valence-electron chi connectivity index (χ0n) is 10.8. The van der Waals surface area contributed by atoms with Crippen LogP contribution in [0, 0.1) is 0 Å². The minimum atomic E-state index is 0.337. The van der Waals surface area contributed by atoms with E-state index in [0.29, 0.717) is 6.04 Å². The molecule has 0 saturated heterocycles. The molecule has 98 valence electrons. The number of methoxy groups -OCH3 is 1. The Hall–Kier alpha value is -1.67. The maximum atomic E-state index is 6.03. The van der Waals surface area contributed by atoms with Crippen molar-refractivity contribution in [1.29, 1.82) is 0 Å². The number of nitrogens with one attached hydrogen (secondary N) is 1. The molecule has 0 saturated carbocycles. The van der Waals surface area contributed by atoms with Gasteiger partial charge in [-0.25, -0.2) is 0 Å². The van der Waals surface area contributed by atoms with Crippen LogP contribution in [0.1, 0.15) is 23.6 Å². The summed E-state index contributed by atoms with van der Waals surface area (Å²) >= 11 is 6.03. The number of benzene rings is 2. The van der Waals surface area contributed by atoms with Crippen LogP contribution in [0.3, 0.4) is 0 Å².